The summed E-state index contributed by atoms with van der Waals surface area (Å²) in [5.41, 5.74) is 11.4. The third kappa shape index (κ3) is 4.82. The lowest BCUT2D eigenvalue weighted by molar-refractivity contribution is 0.0553. The molecule has 0 spiro atoms. The van der Waals surface area contributed by atoms with E-state index in [-0.39, 0.29) is 6.61 Å². The van der Waals surface area contributed by atoms with Crippen molar-refractivity contribution in [2.24, 2.45) is 5.73 Å². The Labute approximate surface area is 150 Å². The Bertz CT molecular complexity index is 709. The summed E-state index contributed by atoms with van der Waals surface area (Å²) in [5, 5.41) is 19.4. The summed E-state index contributed by atoms with van der Waals surface area (Å²) in [6.45, 7) is 8.49. The lowest BCUT2D eigenvalue weighted by Crippen LogP contribution is -2.21. The summed E-state index contributed by atoms with van der Waals surface area (Å²) in [4.78, 5) is 0. The zero-order valence-electron chi connectivity index (χ0n) is 15.6. The molecule has 2 aromatic carbocycles. The molecule has 0 aliphatic heterocycles. The van der Waals surface area contributed by atoms with Gasteiger partial charge in [0.15, 0.2) is 0 Å². The van der Waals surface area contributed by atoms with Gasteiger partial charge in [-0.15, -0.1) is 0 Å². The van der Waals surface area contributed by atoms with E-state index >= 15 is 0 Å². The second-order valence-electron chi connectivity index (χ2n) is 7.15. The fourth-order valence-electron chi connectivity index (χ4n) is 3.11. The van der Waals surface area contributed by atoms with Gasteiger partial charge in [-0.1, -0.05) is 18.2 Å². The summed E-state index contributed by atoms with van der Waals surface area (Å²) in [7, 11) is 0. The zero-order chi connectivity index (χ0) is 18.6. The van der Waals surface area contributed by atoms with Crippen molar-refractivity contribution in [3.05, 3.63) is 52.6 Å². The Balaban J connectivity index is 2.35. The van der Waals surface area contributed by atoms with E-state index < -0.39 is 5.60 Å². The molecule has 0 saturated heterocycles. The summed E-state index contributed by atoms with van der Waals surface area (Å²) < 4.78 is 5.81. The number of ether oxygens (including phenoxy) is 1. The molecule has 4 N–H and O–H groups in total. The van der Waals surface area contributed by atoms with Crippen molar-refractivity contribution in [1.29, 1.82) is 0 Å². The number of nitrogens with two attached hydrogens (primary N) is 1. The second kappa shape index (κ2) is 8.00. The summed E-state index contributed by atoms with van der Waals surface area (Å²) in [6.07, 6.45) is 0.572. The Hall–Kier alpha value is -1.88. The van der Waals surface area contributed by atoms with E-state index in [0.29, 0.717) is 19.6 Å². The van der Waals surface area contributed by atoms with Crippen LogP contribution in [-0.4, -0.2) is 22.4 Å². The predicted octanol–water partition coefficient (Wildman–Crippen LogP) is 3.46. The minimum absolute atomic E-state index is 0.0173. The molecule has 0 amide bonds. The Morgan fingerprint density at radius 2 is 1.76 bits per heavy atom. The van der Waals surface area contributed by atoms with E-state index in [9.17, 15) is 10.2 Å². The number of hydrogen-bond donors (Lipinski definition) is 3. The molecule has 0 aliphatic rings. The number of aliphatic hydroxyl groups is 2. The van der Waals surface area contributed by atoms with Crippen molar-refractivity contribution in [2.75, 3.05) is 6.61 Å². The molecular weight excluding hydrogens is 314 g/mol. The predicted molar refractivity (Wildman–Crippen MR) is 102 cm³/mol. The van der Waals surface area contributed by atoms with Gasteiger partial charge in [-0.3, -0.25) is 0 Å². The fraction of sp³-hybridized carbons (Fsp3) is 0.429. The first-order valence-electron chi connectivity index (χ1n) is 8.65. The van der Waals surface area contributed by atoms with Crippen molar-refractivity contribution in [2.45, 2.75) is 52.9 Å². The van der Waals surface area contributed by atoms with E-state index in [1.807, 2.05) is 30.3 Å². The average Bonchev–Trinajstić information content (AvgIpc) is 2.52. The fourth-order valence-corrected chi connectivity index (χ4v) is 3.11. The van der Waals surface area contributed by atoms with Crippen LogP contribution in [0.25, 0.3) is 11.1 Å². The molecule has 0 atom stereocenters. The molecule has 0 aromatic heterocycles. The van der Waals surface area contributed by atoms with Crippen LogP contribution < -0.4 is 10.5 Å². The van der Waals surface area contributed by atoms with E-state index in [0.717, 1.165) is 39.1 Å². The highest BCUT2D eigenvalue weighted by atomic mass is 16.5. The molecular formula is C21H29NO3. The van der Waals surface area contributed by atoms with E-state index in [1.165, 1.54) is 0 Å². The van der Waals surface area contributed by atoms with Crippen LogP contribution in [0.2, 0.25) is 0 Å². The van der Waals surface area contributed by atoms with Gasteiger partial charge in [-0.05, 0) is 73.2 Å². The molecule has 2 aromatic rings. The molecule has 136 valence electrons. The van der Waals surface area contributed by atoms with Crippen molar-refractivity contribution in [3.63, 3.8) is 0 Å². The molecule has 4 heteroatoms. The molecule has 0 aliphatic carbocycles. The van der Waals surface area contributed by atoms with Crippen LogP contribution in [0.15, 0.2) is 30.3 Å². The van der Waals surface area contributed by atoms with E-state index in [1.54, 1.807) is 13.8 Å². The third-order valence-corrected chi connectivity index (χ3v) is 4.41. The maximum absolute atomic E-state index is 9.79. The quantitative estimate of drug-likeness (QED) is 0.719. The van der Waals surface area contributed by atoms with Gasteiger partial charge in [0.05, 0.1) is 18.8 Å². The third-order valence-electron chi connectivity index (χ3n) is 4.41. The van der Waals surface area contributed by atoms with Gasteiger partial charge in [-0.2, -0.15) is 0 Å². The number of aliphatic hydroxyl groups excluding tert-OH is 1. The number of rotatable bonds is 7. The summed E-state index contributed by atoms with van der Waals surface area (Å²) in [6, 6.07) is 9.93. The van der Waals surface area contributed by atoms with Gasteiger partial charge in [0.1, 0.15) is 5.75 Å². The van der Waals surface area contributed by atoms with Crippen molar-refractivity contribution < 1.29 is 14.9 Å². The molecule has 0 bridgehead atoms. The van der Waals surface area contributed by atoms with E-state index in [2.05, 4.69) is 13.8 Å². The lowest BCUT2D eigenvalue weighted by atomic mass is 9.90. The topological polar surface area (TPSA) is 75.7 Å². The first kappa shape index (κ1) is 19.4. The van der Waals surface area contributed by atoms with Crippen LogP contribution in [0.4, 0.5) is 0 Å². The number of hydrogen-bond acceptors (Lipinski definition) is 4. The van der Waals surface area contributed by atoms with Crippen LogP contribution in [-0.2, 0) is 13.2 Å². The highest BCUT2D eigenvalue weighted by molar-refractivity contribution is 5.75. The maximum Gasteiger partial charge on any atom is 0.119 e. The lowest BCUT2D eigenvalue weighted by Gasteiger charge is -2.19. The molecule has 0 saturated carbocycles. The van der Waals surface area contributed by atoms with Gasteiger partial charge in [0, 0.05) is 13.0 Å². The second-order valence-corrected chi connectivity index (χ2v) is 7.15. The van der Waals surface area contributed by atoms with Crippen molar-refractivity contribution in [3.8, 4) is 16.9 Å². The highest BCUT2D eigenvalue weighted by Crippen LogP contribution is 2.34. The SMILES string of the molecule is Cc1cc(OCCC(C)(C)O)cc(C)c1-c1cccc(CO)c1CN. The Kier molecular flexibility index (Phi) is 6.22. The Morgan fingerprint density at radius 1 is 1.12 bits per heavy atom. The van der Waals surface area contributed by atoms with Gasteiger partial charge < -0.3 is 20.7 Å². The summed E-state index contributed by atoms with van der Waals surface area (Å²) in [5.74, 6) is 0.801. The van der Waals surface area contributed by atoms with Crippen molar-refractivity contribution in [1.82, 2.24) is 0 Å². The minimum atomic E-state index is -0.731. The number of aryl methyl sites for hydroxylation is 2. The van der Waals surface area contributed by atoms with Crippen LogP contribution in [0, 0.1) is 13.8 Å². The van der Waals surface area contributed by atoms with E-state index in [4.69, 9.17) is 10.5 Å². The average molecular weight is 343 g/mol. The molecule has 25 heavy (non-hydrogen) atoms. The van der Waals surface area contributed by atoms with Gasteiger partial charge in [0.25, 0.3) is 0 Å². The molecule has 0 heterocycles. The minimum Gasteiger partial charge on any atom is -0.493 e. The van der Waals surface area contributed by atoms with Crippen LogP contribution in [0.5, 0.6) is 5.75 Å². The zero-order valence-corrected chi connectivity index (χ0v) is 15.6. The highest BCUT2D eigenvalue weighted by Gasteiger charge is 2.15. The van der Waals surface area contributed by atoms with Crippen LogP contribution in [0.1, 0.15) is 42.5 Å². The van der Waals surface area contributed by atoms with Crippen LogP contribution >= 0.6 is 0 Å². The smallest absolute Gasteiger partial charge is 0.119 e. The standard InChI is InChI=1S/C21H29NO3/c1-14-10-17(25-9-8-21(3,4)24)11-15(2)20(14)18-7-5-6-16(13-23)19(18)12-22/h5-7,10-11,23-24H,8-9,12-13,22H2,1-4H3. The van der Waals surface area contributed by atoms with Crippen LogP contribution in [0.3, 0.4) is 0 Å². The normalized spacial score (nSPS) is 11.6. The first-order valence-corrected chi connectivity index (χ1v) is 8.65. The summed E-state index contributed by atoms with van der Waals surface area (Å²) >= 11 is 0. The molecule has 2 rings (SSSR count). The van der Waals surface area contributed by atoms with Gasteiger partial charge >= 0.3 is 0 Å². The molecule has 0 fully saturated rings. The maximum atomic E-state index is 9.79. The molecule has 0 radical (unpaired) electrons. The molecule has 0 unspecified atom stereocenters. The first-order chi connectivity index (χ1) is 11.8. The van der Waals surface area contributed by atoms with Gasteiger partial charge in [0.2, 0.25) is 0 Å². The van der Waals surface area contributed by atoms with Gasteiger partial charge in [-0.25, -0.2) is 0 Å². The van der Waals surface area contributed by atoms with Crippen molar-refractivity contribution >= 4 is 0 Å². The largest absolute Gasteiger partial charge is 0.493 e. The Morgan fingerprint density at radius 3 is 2.28 bits per heavy atom. The number of benzene rings is 2. The monoisotopic (exact) mass is 343 g/mol. The molecule has 4 nitrogen and oxygen atoms in total.